The molecule has 1 fully saturated rings. The Morgan fingerprint density at radius 2 is 2.04 bits per heavy atom. The molecule has 0 unspecified atom stereocenters. The van der Waals surface area contributed by atoms with Crippen molar-refractivity contribution in [2.45, 2.75) is 31.7 Å². The van der Waals surface area contributed by atoms with Crippen LogP contribution in [0.1, 0.15) is 43.0 Å². The van der Waals surface area contributed by atoms with Crippen molar-refractivity contribution in [1.82, 2.24) is 9.47 Å². The summed E-state index contributed by atoms with van der Waals surface area (Å²) in [6, 6.07) is 8.10. The Bertz CT molecular complexity index is 906. The molecule has 1 amide bonds. The zero-order valence-electron chi connectivity index (χ0n) is 15.9. The summed E-state index contributed by atoms with van der Waals surface area (Å²) in [5, 5.41) is 1.08. The predicted molar refractivity (Wildman–Crippen MR) is 105 cm³/mol. The van der Waals surface area contributed by atoms with E-state index >= 15 is 0 Å². The fourth-order valence-corrected chi connectivity index (χ4v) is 5.50. The van der Waals surface area contributed by atoms with Crippen molar-refractivity contribution in [1.29, 1.82) is 0 Å². The number of alkyl halides is 1. The van der Waals surface area contributed by atoms with Crippen molar-refractivity contribution in [2.24, 2.45) is 18.9 Å². The van der Waals surface area contributed by atoms with E-state index in [1.165, 1.54) is 7.11 Å². The third-order valence-electron chi connectivity index (χ3n) is 6.57. The number of hydrogen-bond acceptors (Lipinski definition) is 3. The molecule has 144 valence electrons. The Labute approximate surface area is 164 Å². The van der Waals surface area contributed by atoms with Gasteiger partial charge in [0.1, 0.15) is 5.88 Å². The summed E-state index contributed by atoms with van der Waals surface area (Å²) in [5.74, 6) is -0.0876. The molecule has 2 aromatic rings. The second-order valence-electron chi connectivity index (χ2n) is 7.64. The van der Waals surface area contributed by atoms with Crippen LogP contribution in [-0.4, -0.2) is 40.9 Å². The van der Waals surface area contributed by atoms with E-state index in [4.69, 9.17) is 16.3 Å². The number of piperidine rings is 1. The molecule has 4 atom stereocenters. The maximum atomic E-state index is 12.9. The Morgan fingerprint density at radius 1 is 1.30 bits per heavy atom. The number of halogens is 1. The first-order valence-corrected chi connectivity index (χ1v) is 10.1. The van der Waals surface area contributed by atoms with Crippen LogP contribution >= 0.6 is 11.6 Å². The minimum Gasteiger partial charge on any atom is -0.469 e. The predicted octanol–water partition coefficient (Wildman–Crippen LogP) is 3.60. The van der Waals surface area contributed by atoms with Crippen molar-refractivity contribution >= 4 is 34.4 Å². The Morgan fingerprint density at radius 3 is 2.70 bits per heavy atom. The van der Waals surface area contributed by atoms with Gasteiger partial charge < -0.3 is 14.2 Å². The van der Waals surface area contributed by atoms with Crippen LogP contribution in [0.4, 0.5) is 0 Å². The number of rotatable bonds is 3. The summed E-state index contributed by atoms with van der Waals surface area (Å²) in [7, 11) is 3.48. The van der Waals surface area contributed by atoms with Crippen molar-refractivity contribution in [2.75, 3.05) is 19.5 Å². The maximum absolute atomic E-state index is 12.9. The van der Waals surface area contributed by atoms with E-state index in [9.17, 15) is 9.59 Å². The molecule has 2 bridgehead atoms. The van der Waals surface area contributed by atoms with Gasteiger partial charge in [0.2, 0.25) is 5.91 Å². The van der Waals surface area contributed by atoms with E-state index < -0.39 is 0 Å². The highest BCUT2D eigenvalue weighted by Crippen LogP contribution is 2.54. The number of aryl methyl sites for hydroxylation is 1. The number of carbonyl (C=O) groups excluding carboxylic acids is 2. The number of aromatic nitrogens is 1. The number of para-hydroxylation sites is 1. The van der Waals surface area contributed by atoms with E-state index in [0.717, 1.165) is 35.0 Å². The molecule has 1 aliphatic carbocycles. The first kappa shape index (κ1) is 18.4. The molecule has 1 aromatic heterocycles. The first-order chi connectivity index (χ1) is 13.0. The minimum atomic E-state index is -0.287. The van der Waals surface area contributed by atoms with Crippen LogP contribution in [0.3, 0.4) is 0 Å². The molecule has 6 heteroatoms. The van der Waals surface area contributed by atoms with Gasteiger partial charge in [-0.15, -0.1) is 11.6 Å². The highest BCUT2D eigenvalue weighted by molar-refractivity contribution is 6.27. The number of nitrogens with zero attached hydrogens (tertiary/aromatic N) is 2. The number of likely N-dealkylation sites (tertiary alicyclic amines) is 1. The number of carbonyl (C=O) groups is 2. The summed E-state index contributed by atoms with van der Waals surface area (Å²) in [5.41, 5.74) is 3.16. The van der Waals surface area contributed by atoms with Gasteiger partial charge in [-0.3, -0.25) is 9.59 Å². The molecular weight excluding hydrogens is 364 g/mol. The fraction of sp³-hybridized carbons (Fsp3) is 0.524. The zero-order valence-corrected chi connectivity index (χ0v) is 16.7. The lowest BCUT2D eigenvalue weighted by atomic mass is 9.65. The number of amides is 1. The monoisotopic (exact) mass is 388 g/mol. The summed E-state index contributed by atoms with van der Waals surface area (Å²) >= 11 is 5.93. The molecule has 0 N–H and O–H groups in total. The van der Waals surface area contributed by atoms with Gasteiger partial charge >= 0.3 is 5.97 Å². The molecule has 1 aliphatic heterocycles. The van der Waals surface area contributed by atoms with Gasteiger partial charge in [0.15, 0.2) is 0 Å². The SMILES string of the molecule is CC[C@@H]1CN(C(=O)CCl)[C@H]2C[C@@H]1[C@H](C(=O)OC)c1c2n(C)c2ccccc12. The average Bonchev–Trinajstić information content (AvgIpc) is 3.00. The Kier molecular flexibility index (Phi) is 4.66. The molecule has 1 saturated heterocycles. The summed E-state index contributed by atoms with van der Waals surface area (Å²) < 4.78 is 7.38. The summed E-state index contributed by atoms with van der Waals surface area (Å²) in [6.45, 7) is 2.77. The Hall–Kier alpha value is -2.01. The fourth-order valence-electron chi connectivity index (χ4n) is 5.35. The number of esters is 1. The molecule has 1 aromatic carbocycles. The van der Waals surface area contributed by atoms with Gasteiger partial charge in [0.25, 0.3) is 0 Å². The van der Waals surface area contributed by atoms with E-state index in [1.54, 1.807) is 0 Å². The maximum Gasteiger partial charge on any atom is 0.313 e. The third-order valence-corrected chi connectivity index (χ3v) is 6.80. The van der Waals surface area contributed by atoms with E-state index in [-0.39, 0.29) is 41.6 Å². The number of benzene rings is 1. The second kappa shape index (κ2) is 6.86. The van der Waals surface area contributed by atoms with Crippen LogP contribution in [0, 0.1) is 11.8 Å². The molecular formula is C21H25ClN2O3. The highest BCUT2D eigenvalue weighted by Gasteiger charge is 2.51. The number of methoxy groups -OCH3 is 1. The van der Waals surface area contributed by atoms with Crippen LogP contribution in [0.2, 0.25) is 0 Å². The topological polar surface area (TPSA) is 51.5 Å². The van der Waals surface area contributed by atoms with Gasteiger partial charge in [-0.1, -0.05) is 31.5 Å². The normalized spacial score (nSPS) is 26.7. The average molecular weight is 389 g/mol. The standard InChI is InChI=1S/C21H25ClN2O3/c1-4-12-11-24(17(25)10-22)16-9-14(12)19(21(26)27-3)18-13-7-5-6-8-15(13)23(2)20(16)18/h5-8,12,14,16,19H,4,9-11H2,1-3H3/t12-,14+,16+,19+/m1/s1. The van der Waals surface area contributed by atoms with Gasteiger partial charge in [-0.25, -0.2) is 0 Å². The Balaban J connectivity index is 2.00. The van der Waals surface area contributed by atoms with Crippen LogP contribution in [-0.2, 0) is 21.4 Å². The van der Waals surface area contributed by atoms with E-state index in [1.807, 2.05) is 24.1 Å². The minimum absolute atomic E-state index is 0.0166. The summed E-state index contributed by atoms with van der Waals surface area (Å²) in [4.78, 5) is 27.4. The molecule has 2 heterocycles. The molecule has 0 spiro atoms. The number of hydrogen-bond donors (Lipinski definition) is 0. The first-order valence-electron chi connectivity index (χ1n) is 9.53. The number of fused-ring (bicyclic) bond motifs is 6. The third kappa shape index (κ3) is 2.59. The molecule has 27 heavy (non-hydrogen) atoms. The van der Waals surface area contributed by atoms with Crippen molar-refractivity contribution in [3.63, 3.8) is 0 Å². The van der Waals surface area contributed by atoms with E-state index in [0.29, 0.717) is 6.54 Å². The smallest absolute Gasteiger partial charge is 0.313 e. The van der Waals surface area contributed by atoms with Crippen LogP contribution < -0.4 is 0 Å². The van der Waals surface area contributed by atoms with Crippen molar-refractivity contribution in [3.8, 4) is 0 Å². The molecule has 4 rings (SSSR count). The van der Waals surface area contributed by atoms with Crippen molar-refractivity contribution < 1.29 is 14.3 Å². The van der Waals surface area contributed by atoms with Gasteiger partial charge in [0, 0.05) is 30.2 Å². The molecule has 0 radical (unpaired) electrons. The molecule has 2 aliphatic rings. The summed E-state index contributed by atoms with van der Waals surface area (Å²) in [6.07, 6.45) is 1.69. The van der Waals surface area contributed by atoms with Crippen LogP contribution in [0.15, 0.2) is 24.3 Å². The quantitative estimate of drug-likeness (QED) is 0.596. The lowest BCUT2D eigenvalue weighted by Crippen LogP contribution is -2.51. The highest BCUT2D eigenvalue weighted by atomic mass is 35.5. The van der Waals surface area contributed by atoms with Crippen LogP contribution in [0.5, 0.6) is 0 Å². The molecule has 5 nitrogen and oxygen atoms in total. The largest absolute Gasteiger partial charge is 0.469 e. The van der Waals surface area contributed by atoms with E-state index in [2.05, 4.69) is 23.6 Å². The van der Waals surface area contributed by atoms with Gasteiger partial charge in [-0.05, 0) is 29.9 Å². The van der Waals surface area contributed by atoms with Gasteiger partial charge in [0.05, 0.1) is 19.1 Å². The lowest BCUT2D eigenvalue weighted by Gasteiger charge is -2.49. The molecule has 0 saturated carbocycles. The zero-order chi connectivity index (χ0) is 19.3. The number of ether oxygens (including phenoxy) is 1. The van der Waals surface area contributed by atoms with Crippen molar-refractivity contribution in [3.05, 3.63) is 35.5 Å². The van der Waals surface area contributed by atoms with Gasteiger partial charge in [-0.2, -0.15) is 0 Å². The lowest BCUT2D eigenvalue weighted by molar-refractivity contribution is -0.147. The van der Waals surface area contributed by atoms with Crippen LogP contribution in [0.25, 0.3) is 10.9 Å². The second-order valence-corrected chi connectivity index (χ2v) is 7.91.